The van der Waals surface area contributed by atoms with Gasteiger partial charge in [0.2, 0.25) is 5.96 Å². The van der Waals surface area contributed by atoms with Crippen LogP contribution in [0.15, 0.2) is 4.99 Å². The SMILES string of the molecule is CCCN=C(NN)NN(C)C. The molecule has 0 aromatic heterocycles. The van der Waals surface area contributed by atoms with Gasteiger partial charge in [-0.1, -0.05) is 6.92 Å². The molecule has 66 valence electrons. The van der Waals surface area contributed by atoms with Crippen molar-refractivity contribution in [1.82, 2.24) is 15.9 Å². The summed E-state index contributed by atoms with van der Waals surface area (Å²) >= 11 is 0. The maximum Gasteiger partial charge on any atom is 0.220 e. The lowest BCUT2D eigenvalue weighted by Crippen LogP contribution is -2.47. The van der Waals surface area contributed by atoms with Crippen molar-refractivity contribution in [3.63, 3.8) is 0 Å². The van der Waals surface area contributed by atoms with Gasteiger partial charge >= 0.3 is 0 Å². The van der Waals surface area contributed by atoms with Gasteiger partial charge in [-0.2, -0.15) is 0 Å². The van der Waals surface area contributed by atoms with Crippen LogP contribution in [0.2, 0.25) is 0 Å². The van der Waals surface area contributed by atoms with E-state index in [-0.39, 0.29) is 0 Å². The Bertz CT molecular complexity index is 120. The summed E-state index contributed by atoms with van der Waals surface area (Å²) in [6.45, 7) is 2.84. The first-order chi connectivity index (χ1) is 5.20. The zero-order chi connectivity index (χ0) is 8.69. The number of guanidine groups is 1. The fourth-order valence-corrected chi connectivity index (χ4v) is 0.549. The number of aliphatic imine (C=N–C) groups is 1. The van der Waals surface area contributed by atoms with Gasteiger partial charge in [0.15, 0.2) is 0 Å². The number of rotatable bonds is 3. The van der Waals surface area contributed by atoms with E-state index >= 15 is 0 Å². The highest BCUT2D eigenvalue weighted by Gasteiger charge is 1.93. The lowest BCUT2D eigenvalue weighted by Gasteiger charge is -2.14. The summed E-state index contributed by atoms with van der Waals surface area (Å²) in [6.07, 6.45) is 1.01. The normalized spacial score (nSPS) is 11.9. The van der Waals surface area contributed by atoms with Gasteiger partial charge in [0.25, 0.3) is 0 Å². The second-order valence-corrected chi connectivity index (χ2v) is 2.38. The molecular formula is C6H17N5. The Morgan fingerprint density at radius 2 is 2.18 bits per heavy atom. The van der Waals surface area contributed by atoms with Crippen LogP contribution in [0.3, 0.4) is 0 Å². The number of nitrogens with zero attached hydrogens (tertiary/aromatic N) is 2. The molecule has 0 aliphatic heterocycles. The molecule has 5 nitrogen and oxygen atoms in total. The van der Waals surface area contributed by atoms with Crippen molar-refractivity contribution >= 4 is 5.96 Å². The van der Waals surface area contributed by atoms with E-state index < -0.39 is 0 Å². The quantitative estimate of drug-likeness (QED) is 0.220. The molecule has 0 atom stereocenters. The van der Waals surface area contributed by atoms with E-state index in [1.54, 1.807) is 5.01 Å². The Morgan fingerprint density at radius 3 is 2.55 bits per heavy atom. The summed E-state index contributed by atoms with van der Waals surface area (Å²) in [5.41, 5.74) is 5.38. The minimum absolute atomic E-state index is 0.594. The van der Waals surface area contributed by atoms with Crippen molar-refractivity contribution in [3.8, 4) is 0 Å². The number of nitrogens with one attached hydrogen (secondary N) is 2. The average molecular weight is 159 g/mol. The minimum atomic E-state index is 0.594. The van der Waals surface area contributed by atoms with Gasteiger partial charge in [-0.3, -0.25) is 15.8 Å². The van der Waals surface area contributed by atoms with Crippen LogP contribution in [0.25, 0.3) is 0 Å². The van der Waals surface area contributed by atoms with Gasteiger partial charge in [-0.05, 0) is 6.42 Å². The van der Waals surface area contributed by atoms with Crippen molar-refractivity contribution in [2.75, 3.05) is 20.6 Å². The Morgan fingerprint density at radius 1 is 1.55 bits per heavy atom. The second-order valence-electron chi connectivity index (χ2n) is 2.38. The second kappa shape index (κ2) is 5.94. The first-order valence-electron chi connectivity index (χ1n) is 3.65. The highest BCUT2D eigenvalue weighted by atomic mass is 15.5. The van der Waals surface area contributed by atoms with Crippen molar-refractivity contribution in [2.45, 2.75) is 13.3 Å². The summed E-state index contributed by atoms with van der Waals surface area (Å²) in [5.74, 6) is 5.79. The first-order valence-corrected chi connectivity index (χ1v) is 3.65. The predicted molar refractivity (Wildman–Crippen MR) is 46.7 cm³/mol. The molecule has 0 aromatic rings. The van der Waals surface area contributed by atoms with Crippen LogP contribution in [-0.2, 0) is 0 Å². The smallest absolute Gasteiger partial charge is 0.220 e. The van der Waals surface area contributed by atoms with E-state index in [9.17, 15) is 0 Å². The minimum Gasteiger partial charge on any atom is -0.293 e. The molecule has 0 bridgehead atoms. The van der Waals surface area contributed by atoms with Crippen LogP contribution < -0.4 is 16.7 Å². The average Bonchev–Trinajstić information content (AvgIpc) is 1.97. The molecule has 0 aromatic carbocycles. The van der Waals surface area contributed by atoms with Crippen LogP contribution in [-0.4, -0.2) is 31.6 Å². The highest BCUT2D eigenvalue weighted by Crippen LogP contribution is 1.77. The maximum atomic E-state index is 5.19. The van der Waals surface area contributed by atoms with Crippen LogP contribution in [0, 0.1) is 0 Å². The summed E-state index contributed by atoms with van der Waals surface area (Å²) in [4.78, 5) is 4.13. The van der Waals surface area contributed by atoms with Gasteiger partial charge in [0.05, 0.1) is 0 Å². The molecule has 0 aliphatic rings. The molecule has 11 heavy (non-hydrogen) atoms. The molecule has 0 saturated heterocycles. The number of hydrazine groups is 2. The third-order valence-corrected chi connectivity index (χ3v) is 0.960. The molecule has 4 N–H and O–H groups in total. The van der Waals surface area contributed by atoms with E-state index in [1.165, 1.54) is 0 Å². The number of nitrogens with two attached hydrogens (primary N) is 1. The standard InChI is InChI=1S/C6H17N5/c1-4-5-8-6(9-7)10-11(2)3/h4-5,7H2,1-3H3,(H2,8,9,10). The van der Waals surface area contributed by atoms with E-state index in [0.29, 0.717) is 5.96 Å². The highest BCUT2D eigenvalue weighted by molar-refractivity contribution is 5.78. The molecule has 0 unspecified atom stereocenters. The summed E-state index contributed by atoms with van der Waals surface area (Å²) in [7, 11) is 3.75. The van der Waals surface area contributed by atoms with Gasteiger partial charge in [0.1, 0.15) is 0 Å². The largest absolute Gasteiger partial charge is 0.293 e. The summed E-state index contributed by atoms with van der Waals surface area (Å²) in [5, 5.41) is 1.77. The summed E-state index contributed by atoms with van der Waals surface area (Å²) in [6, 6.07) is 0. The van der Waals surface area contributed by atoms with Crippen molar-refractivity contribution in [1.29, 1.82) is 0 Å². The van der Waals surface area contributed by atoms with Crippen LogP contribution in [0.4, 0.5) is 0 Å². The monoisotopic (exact) mass is 159 g/mol. The fourth-order valence-electron chi connectivity index (χ4n) is 0.549. The zero-order valence-electron chi connectivity index (χ0n) is 7.39. The third-order valence-electron chi connectivity index (χ3n) is 0.960. The molecule has 5 heteroatoms. The lowest BCUT2D eigenvalue weighted by atomic mass is 10.5. The van der Waals surface area contributed by atoms with Crippen molar-refractivity contribution < 1.29 is 0 Å². The topological polar surface area (TPSA) is 65.7 Å². The number of hydrogen-bond donors (Lipinski definition) is 3. The van der Waals surface area contributed by atoms with E-state index in [4.69, 9.17) is 5.84 Å². The third kappa shape index (κ3) is 5.63. The van der Waals surface area contributed by atoms with Crippen molar-refractivity contribution in [3.05, 3.63) is 0 Å². The number of hydrogen-bond acceptors (Lipinski definition) is 3. The predicted octanol–water partition coefficient (Wildman–Crippen LogP) is -0.718. The maximum absolute atomic E-state index is 5.19. The Labute approximate surface area is 67.6 Å². The molecule has 0 amide bonds. The Hall–Kier alpha value is -0.810. The molecule has 0 aliphatic carbocycles. The van der Waals surface area contributed by atoms with Crippen LogP contribution in [0.5, 0.6) is 0 Å². The molecular weight excluding hydrogens is 142 g/mol. The lowest BCUT2D eigenvalue weighted by molar-refractivity contribution is 0.355. The molecule has 0 saturated carbocycles. The van der Waals surface area contributed by atoms with Gasteiger partial charge < -0.3 is 0 Å². The van der Waals surface area contributed by atoms with E-state index in [0.717, 1.165) is 13.0 Å². The molecule has 0 fully saturated rings. The molecule has 0 rings (SSSR count). The Balaban J connectivity index is 3.73. The summed E-state index contributed by atoms with van der Waals surface area (Å²) < 4.78 is 0. The fraction of sp³-hybridized carbons (Fsp3) is 0.833. The van der Waals surface area contributed by atoms with Gasteiger partial charge in [-0.25, -0.2) is 10.9 Å². The van der Waals surface area contributed by atoms with E-state index in [2.05, 4.69) is 22.8 Å². The molecule has 0 radical (unpaired) electrons. The first kappa shape index (κ1) is 10.2. The van der Waals surface area contributed by atoms with Gasteiger partial charge in [0, 0.05) is 20.6 Å². The molecule has 0 spiro atoms. The Kier molecular flexibility index (Phi) is 5.50. The molecule has 0 heterocycles. The van der Waals surface area contributed by atoms with Crippen LogP contribution >= 0.6 is 0 Å². The van der Waals surface area contributed by atoms with Crippen LogP contribution in [0.1, 0.15) is 13.3 Å². The zero-order valence-corrected chi connectivity index (χ0v) is 7.39. The van der Waals surface area contributed by atoms with E-state index in [1.807, 2.05) is 14.1 Å². The van der Waals surface area contributed by atoms with Crippen molar-refractivity contribution in [2.24, 2.45) is 10.8 Å². The van der Waals surface area contributed by atoms with Gasteiger partial charge in [-0.15, -0.1) is 0 Å².